The van der Waals surface area contributed by atoms with Crippen molar-refractivity contribution in [2.24, 2.45) is 0 Å². The zero-order valence-electron chi connectivity index (χ0n) is 15.4. The number of allylic oxidation sites excluding steroid dienone is 3. The minimum atomic E-state index is -0.0997. The molecule has 134 valence electrons. The maximum Gasteiger partial charge on any atom is 0.305 e. The Morgan fingerprint density at radius 1 is 0.957 bits per heavy atom. The van der Waals surface area contributed by atoms with E-state index in [1.54, 1.807) is 7.11 Å². The van der Waals surface area contributed by atoms with Gasteiger partial charge in [-0.25, -0.2) is 0 Å². The van der Waals surface area contributed by atoms with Crippen LogP contribution in [-0.2, 0) is 14.3 Å². The smallest absolute Gasteiger partial charge is 0.305 e. The number of hydrogen-bond acceptors (Lipinski definition) is 3. The molecule has 0 spiro atoms. The van der Waals surface area contributed by atoms with Gasteiger partial charge in [0.25, 0.3) is 0 Å². The van der Waals surface area contributed by atoms with E-state index in [2.05, 4.69) is 36.0 Å². The first-order valence-corrected chi connectivity index (χ1v) is 9.17. The third-order valence-electron chi connectivity index (χ3n) is 3.95. The summed E-state index contributed by atoms with van der Waals surface area (Å²) in [4.78, 5) is 11.0. The number of hydrogen-bond donors (Lipinski definition) is 0. The Labute approximate surface area is 143 Å². The van der Waals surface area contributed by atoms with Crippen molar-refractivity contribution >= 4 is 5.97 Å². The van der Waals surface area contributed by atoms with E-state index < -0.39 is 0 Å². The van der Waals surface area contributed by atoms with Crippen LogP contribution in [0.2, 0.25) is 0 Å². The van der Waals surface area contributed by atoms with Crippen LogP contribution in [0.4, 0.5) is 0 Å². The lowest BCUT2D eigenvalue weighted by molar-refractivity contribution is -0.140. The van der Waals surface area contributed by atoms with Crippen LogP contribution in [0.5, 0.6) is 0 Å². The number of rotatable bonds is 15. The van der Waals surface area contributed by atoms with E-state index >= 15 is 0 Å². The second-order valence-electron chi connectivity index (χ2n) is 5.97. The van der Waals surface area contributed by atoms with E-state index in [0.717, 1.165) is 19.3 Å². The van der Waals surface area contributed by atoms with Gasteiger partial charge in [-0.1, -0.05) is 69.8 Å². The van der Waals surface area contributed by atoms with Crippen molar-refractivity contribution in [1.82, 2.24) is 0 Å². The van der Waals surface area contributed by atoms with Gasteiger partial charge < -0.3 is 9.47 Å². The molecule has 0 bridgehead atoms. The van der Waals surface area contributed by atoms with E-state index in [9.17, 15) is 4.79 Å². The van der Waals surface area contributed by atoms with Crippen LogP contribution < -0.4 is 0 Å². The Balaban J connectivity index is 3.59. The van der Waals surface area contributed by atoms with Crippen molar-refractivity contribution in [1.29, 1.82) is 0 Å². The highest BCUT2D eigenvalue weighted by atomic mass is 16.5. The maximum atomic E-state index is 11.0. The summed E-state index contributed by atoms with van der Waals surface area (Å²) in [6, 6.07) is 0. The maximum absolute atomic E-state index is 11.0. The quantitative estimate of drug-likeness (QED) is 0.223. The summed E-state index contributed by atoms with van der Waals surface area (Å²) >= 11 is 0. The molecule has 0 radical (unpaired) electrons. The Morgan fingerprint density at radius 3 is 2.39 bits per heavy atom. The van der Waals surface area contributed by atoms with Crippen molar-refractivity contribution in [2.75, 3.05) is 14.2 Å². The largest absolute Gasteiger partial charge is 0.469 e. The number of unbranched alkanes of at least 4 members (excludes halogenated alkanes) is 7. The van der Waals surface area contributed by atoms with Crippen LogP contribution in [0, 0.1) is 0 Å². The summed E-state index contributed by atoms with van der Waals surface area (Å²) in [7, 11) is 3.22. The molecular formula is C20H36O3. The van der Waals surface area contributed by atoms with Crippen molar-refractivity contribution in [3.63, 3.8) is 0 Å². The van der Waals surface area contributed by atoms with E-state index in [1.165, 1.54) is 52.1 Å². The Bertz CT molecular complexity index is 321. The van der Waals surface area contributed by atoms with Crippen LogP contribution in [0.25, 0.3) is 0 Å². The third-order valence-corrected chi connectivity index (χ3v) is 3.95. The van der Waals surface area contributed by atoms with Crippen molar-refractivity contribution in [2.45, 2.75) is 83.7 Å². The normalized spacial score (nSPS) is 13.0. The van der Waals surface area contributed by atoms with Gasteiger partial charge in [-0.2, -0.15) is 0 Å². The van der Waals surface area contributed by atoms with Gasteiger partial charge in [0.1, 0.15) is 0 Å². The van der Waals surface area contributed by atoms with Gasteiger partial charge in [-0.05, 0) is 25.7 Å². The van der Waals surface area contributed by atoms with Gasteiger partial charge in [-0.3, -0.25) is 4.79 Å². The molecule has 0 saturated carbocycles. The minimum absolute atomic E-state index is 0.0997. The molecule has 1 atom stereocenters. The van der Waals surface area contributed by atoms with E-state index in [0.29, 0.717) is 6.42 Å². The summed E-state index contributed by atoms with van der Waals surface area (Å²) in [5.74, 6) is -0.0997. The first kappa shape index (κ1) is 21.9. The second kappa shape index (κ2) is 17.3. The average molecular weight is 325 g/mol. The average Bonchev–Trinajstić information content (AvgIpc) is 2.57. The summed E-state index contributed by atoms with van der Waals surface area (Å²) in [6.07, 6.45) is 21.1. The zero-order valence-corrected chi connectivity index (χ0v) is 15.4. The van der Waals surface area contributed by atoms with Crippen LogP contribution in [-0.4, -0.2) is 26.3 Å². The highest BCUT2D eigenvalue weighted by molar-refractivity contribution is 5.68. The molecule has 0 aromatic rings. The lowest BCUT2D eigenvalue weighted by Crippen LogP contribution is -2.06. The predicted octanol–water partition coefficient (Wildman–Crippen LogP) is 5.60. The molecule has 3 nitrogen and oxygen atoms in total. The lowest BCUT2D eigenvalue weighted by atomic mass is 10.1. The van der Waals surface area contributed by atoms with Crippen LogP contribution in [0.3, 0.4) is 0 Å². The zero-order chi connectivity index (χ0) is 17.2. The lowest BCUT2D eigenvalue weighted by Gasteiger charge is -2.10. The summed E-state index contributed by atoms with van der Waals surface area (Å²) in [5, 5.41) is 0. The van der Waals surface area contributed by atoms with Gasteiger partial charge >= 0.3 is 5.97 Å². The molecule has 0 saturated heterocycles. The van der Waals surface area contributed by atoms with Crippen molar-refractivity contribution in [3.05, 3.63) is 24.3 Å². The SMILES string of the molecule is CCCCCC=CC=C[C@@H](CCCCCCCC(=O)OC)OC. The molecule has 0 aliphatic heterocycles. The summed E-state index contributed by atoms with van der Waals surface area (Å²) in [6.45, 7) is 2.23. The minimum Gasteiger partial charge on any atom is -0.469 e. The monoisotopic (exact) mass is 324 g/mol. The standard InChI is InChI=1S/C20H36O3/c1-4-5-6-7-8-10-13-16-19(22-2)17-14-11-9-12-15-18-20(21)23-3/h8,10,13,16,19H,4-7,9,11-12,14-15,17-18H2,1-3H3/t19-/m0/s1. The molecule has 23 heavy (non-hydrogen) atoms. The fourth-order valence-electron chi connectivity index (χ4n) is 2.41. The molecule has 0 N–H and O–H groups in total. The molecular weight excluding hydrogens is 288 g/mol. The highest BCUT2D eigenvalue weighted by Crippen LogP contribution is 2.11. The van der Waals surface area contributed by atoms with Gasteiger partial charge in [0.15, 0.2) is 0 Å². The highest BCUT2D eigenvalue weighted by Gasteiger charge is 2.02. The molecule has 0 aromatic carbocycles. The predicted molar refractivity (Wildman–Crippen MR) is 97.6 cm³/mol. The van der Waals surface area contributed by atoms with Gasteiger partial charge in [0.2, 0.25) is 0 Å². The number of esters is 1. The topological polar surface area (TPSA) is 35.5 Å². The molecule has 3 heteroatoms. The van der Waals surface area contributed by atoms with Crippen LogP contribution in [0.1, 0.15) is 77.6 Å². The van der Waals surface area contributed by atoms with E-state index in [4.69, 9.17) is 4.74 Å². The van der Waals surface area contributed by atoms with Crippen molar-refractivity contribution < 1.29 is 14.3 Å². The van der Waals surface area contributed by atoms with Gasteiger partial charge in [0, 0.05) is 13.5 Å². The number of carbonyl (C=O) groups excluding carboxylic acids is 1. The fourth-order valence-corrected chi connectivity index (χ4v) is 2.41. The van der Waals surface area contributed by atoms with Gasteiger partial charge in [0.05, 0.1) is 13.2 Å². The molecule has 0 unspecified atom stereocenters. The molecule has 0 amide bonds. The Morgan fingerprint density at radius 2 is 1.70 bits per heavy atom. The summed E-state index contributed by atoms with van der Waals surface area (Å²) < 4.78 is 10.1. The number of carbonyl (C=O) groups is 1. The second-order valence-corrected chi connectivity index (χ2v) is 5.97. The Kier molecular flexibility index (Phi) is 16.4. The Hall–Kier alpha value is -1.09. The van der Waals surface area contributed by atoms with Crippen LogP contribution >= 0.6 is 0 Å². The molecule has 0 fully saturated rings. The molecule has 0 rings (SSSR count). The molecule has 0 heterocycles. The molecule has 0 aliphatic rings. The number of methoxy groups -OCH3 is 2. The summed E-state index contributed by atoms with van der Waals surface area (Å²) in [5.41, 5.74) is 0. The van der Waals surface area contributed by atoms with E-state index in [-0.39, 0.29) is 12.1 Å². The molecule has 0 aliphatic carbocycles. The third kappa shape index (κ3) is 15.6. The molecule has 0 aromatic heterocycles. The van der Waals surface area contributed by atoms with Gasteiger partial charge in [-0.15, -0.1) is 0 Å². The first-order valence-electron chi connectivity index (χ1n) is 9.17. The fraction of sp³-hybridized carbons (Fsp3) is 0.750. The first-order chi connectivity index (χ1) is 11.2. The number of ether oxygens (including phenoxy) is 2. The van der Waals surface area contributed by atoms with Crippen molar-refractivity contribution in [3.8, 4) is 0 Å². The van der Waals surface area contributed by atoms with Crippen LogP contribution in [0.15, 0.2) is 24.3 Å². The van der Waals surface area contributed by atoms with E-state index in [1.807, 2.05) is 0 Å².